The van der Waals surface area contributed by atoms with Crippen molar-refractivity contribution in [1.29, 1.82) is 0 Å². The highest BCUT2D eigenvalue weighted by atomic mass is 35.5. The van der Waals surface area contributed by atoms with Crippen LogP contribution in [0.1, 0.15) is 18.9 Å². The second-order valence-electron chi connectivity index (χ2n) is 4.72. The summed E-state index contributed by atoms with van der Waals surface area (Å²) in [5, 5.41) is 0.376. The first-order valence-electron chi connectivity index (χ1n) is 6.81. The third-order valence-corrected chi connectivity index (χ3v) is 4.56. The minimum absolute atomic E-state index is 0.0769. The fraction of sp³-hybridized carbons (Fsp3) is 0.267. The maximum absolute atomic E-state index is 12.4. The Bertz CT molecular complexity index is 763. The number of aromatic nitrogens is 1. The fourth-order valence-corrected chi connectivity index (χ4v) is 3.02. The summed E-state index contributed by atoms with van der Waals surface area (Å²) in [4.78, 5) is 4.11. The van der Waals surface area contributed by atoms with E-state index in [0.29, 0.717) is 23.2 Å². The smallest absolute Gasteiger partial charge is 0.263 e. The lowest BCUT2D eigenvalue weighted by molar-refractivity contribution is 0.317. The molecule has 5 nitrogen and oxygen atoms in total. The molecular weight excluding hydrogens is 324 g/mol. The average Bonchev–Trinajstić information content (AvgIpc) is 2.48. The normalized spacial score (nSPS) is 11.2. The van der Waals surface area contributed by atoms with E-state index in [1.54, 1.807) is 19.1 Å². The number of aryl methyl sites for hydroxylation is 1. The molecule has 0 fully saturated rings. The fourth-order valence-electron chi connectivity index (χ4n) is 1.75. The first kappa shape index (κ1) is 16.6. The summed E-state index contributed by atoms with van der Waals surface area (Å²) in [5.41, 5.74) is 0.738. The van der Waals surface area contributed by atoms with E-state index in [0.717, 1.165) is 12.0 Å². The molecule has 1 N–H and O–H groups in total. The summed E-state index contributed by atoms with van der Waals surface area (Å²) < 4.78 is 32.8. The predicted molar refractivity (Wildman–Crippen MR) is 87.0 cm³/mol. The SMILES string of the molecule is CCCOc1cc(S(=O)(=O)Nc2ncccc2C)ccc1Cl. The van der Waals surface area contributed by atoms with Crippen molar-refractivity contribution in [2.45, 2.75) is 25.2 Å². The number of ether oxygens (including phenoxy) is 1. The van der Waals surface area contributed by atoms with Gasteiger partial charge in [-0.1, -0.05) is 24.6 Å². The van der Waals surface area contributed by atoms with Gasteiger partial charge in [0.05, 0.1) is 16.5 Å². The molecule has 0 bridgehead atoms. The number of sulfonamides is 1. The van der Waals surface area contributed by atoms with E-state index < -0.39 is 10.0 Å². The summed E-state index contributed by atoms with van der Waals surface area (Å²) in [6, 6.07) is 7.88. The molecule has 7 heteroatoms. The Kier molecular flexibility index (Phi) is 5.26. The van der Waals surface area contributed by atoms with Gasteiger partial charge in [-0.15, -0.1) is 0 Å². The van der Waals surface area contributed by atoms with Crippen molar-refractivity contribution in [3.63, 3.8) is 0 Å². The van der Waals surface area contributed by atoms with Gasteiger partial charge in [-0.3, -0.25) is 4.72 Å². The third kappa shape index (κ3) is 3.90. The van der Waals surface area contributed by atoms with Gasteiger partial charge in [0.2, 0.25) is 0 Å². The Hall–Kier alpha value is -1.79. The molecule has 118 valence electrons. The van der Waals surface area contributed by atoms with Crippen molar-refractivity contribution in [3.8, 4) is 5.75 Å². The van der Waals surface area contributed by atoms with Gasteiger partial charge in [0.1, 0.15) is 11.6 Å². The van der Waals surface area contributed by atoms with E-state index in [1.807, 2.05) is 6.92 Å². The lowest BCUT2D eigenvalue weighted by Crippen LogP contribution is -2.15. The number of nitrogens with zero attached hydrogens (tertiary/aromatic N) is 1. The molecule has 0 radical (unpaired) electrons. The van der Waals surface area contributed by atoms with Gasteiger partial charge < -0.3 is 4.74 Å². The minimum Gasteiger partial charge on any atom is -0.492 e. The van der Waals surface area contributed by atoms with E-state index in [4.69, 9.17) is 16.3 Å². The Balaban J connectivity index is 2.31. The number of nitrogens with one attached hydrogen (secondary N) is 1. The van der Waals surface area contributed by atoms with Crippen LogP contribution in [0, 0.1) is 6.92 Å². The van der Waals surface area contributed by atoms with Crippen molar-refractivity contribution in [1.82, 2.24) is 4.98 Å². The molecule has 0 saturated heterocycles. The number of hydrogen-bond donors (Lipinski definition) is 1. The first-order valence-corrected chi connectivity index (χ1v) is 8.67. The number of anilines is 1. The monoisotopic (exact) mass is 340 g/mol. The average molecular weight is 341 g/mol. The van der Waals surface area contributed by atoms with Crippen LogP contribution < -0.4 is 9.46 Å². The van der Waals surface area contributed by atoms with E-state index in [1.165, 1.54) is 24.4 Å². The molecule has 2 aromatic rings. The van der Waals surface area contributed by atoms with Crippen LogP contribution in [-0.4, -0.2) is 20.0 Å². The van der Waals surface area contributed by atoms with E-state index in [2.05, 4.69) is 9.71 Å². The lowest BCUT2D eigenvalue weighted by Gasteiger charge is -2.12. The molecule has 0 aliphatic carbocycles. The van der Waals surface area contributed by atoms with Crippen molar-refractivity contribution in [3.05, 3.63) is 47.1 Å². The molecule has 2 rings (SSSR count). The predicted octanol–water partition coefficient (Wildman–Crippen LogP) is 3.63. The van der Waals surface area contributed by atoms with Gasteiger partial charge in [0.25, 0.3) is 10.0 Å². The van der Waals surface area contributed by atoms with Crippen molar-refractivity contribution in [2.24, 2.45) is 0 Å². The molecule has 0 aliphatic heterocycles. The summed E-state index contributed by atoms with van der Waals surface area (Å²) in [6.07, 6.45) is 2.33. The molecule has 22 heavy (non-hydrogen) atoms. The standard InChI is InChI=1S/C15H17ClN2O3S/c1-3-9-21-14-10-12(6-7-13(14)16)22(19,20)18-15-11(2)5-4-8-17-15/h4-8,10H,3,9H2,1-2H3,(H,17,18). The number of halogens is 1. The summed E-state index contributed by atoms with van der Waals surface area (Å²) in [6.45, 7) is 4.21. The van der Waals surface area contributed by atoms with Crippen LogP contribution in [0.4, 0.5) is 5.82 Å². The molecule has 0 saturated carbocycles. The highest BCUT2D eigenvalue weighted by Gasteiger charge is 2.18. The second kappa shape index (κ2) is 6.98. The minimum atomic E-state index is -3.75. The Morgan fingerprint density at radius 2 is 2.09 bits per heavy atom. The van der Waals surface area contributed by atoms with Gasteiger partial charge in [-0.05, 0) is 37.1 Å². The van der Waals surface area contributed by atoms with Gasteiger partial charge in [-0.2, -0.15) is 0 Å². The van der Waals surface area contributed by atoms with Gasteiger partial charge in [-0.25, -0.2) is 13.4 Å². The van der Waals surface area contributed by atoms with Crippen molar-refractivity contribution in [2.75, 3.05) is 11.3 Å². The van der Waals surface area contributed by atoms with E-state index in [9.17, 15) is 8.42 Å². The van der Waals surface area contributed by atoms with Crippen LogP contribution in [0.2, 0.25) is 5.02 Å². The quantitative estimate of drug-likeness (QED) is 0.871. The third-order valence-electron chi connectivity index (χ3n) is 2.92. The molecule has 1 aromatic carbocycles. The van der Waals surface area contributed by atoms with Crippen LogP contribution in [0.25, 0.3) is 0 Å². The van der Waals surface area contributed by atoms with Crippen LogP contribution in [0.5, 0.6) is 5.75 Å². The van der Waals surface area contributed by atoms with Crippen LogP contribution in [0.3, 0.4) is 0 Å². The van der Waals surface area contributed by atoms with Crippen LogP contribution in [0.15, 0.2) is 41.4 Å². The largest absolute Gasteiger partial charge is 0.492 e. The highest BCUT2D eigenvalue weighted by Crippen LogP contribution is 2.28. The molecule has 0 unspecified atom stereocenters. The molecule has 0 atom stereocenters. The summed E-state index contributed by atoms with van der Waals surface area (Å²) in [7, 11) is -3.75. The first-order chi connectivity index (χ1) is 10.4. The zero-order valence-corrected chi connectivity index (χ0v) is 13.9. The Labute approximate surface area is 135 Å². The topological polar surface area (TPSA) is 68.3 Å². The number of benzene rings is 1. The van der Waals surface area contributed by atoms with Gasteiger partial charge in [0, 0.05) is 12.3 Å². The highest BCUT2D eigenvalue weighted by molar-refractivity contribution is 7.92. The summed E-state index contributed by atoms with van der Waals surface area (Å²) >= 11 is 6.01. The Morgan fingerprint density at radius 3 is 2.77 bits per heavy atom. The van der Waals surface area contributed by atoms with Crippen molar-refractivity contribution >= 4 is 27.4 Å². The van der Waals surface area contributed by atoms with Crippen LogP contribution in [-0.2, 0) is 10.0 Å². The number of pyridine rings is 1. The van der Waals surface area contributed by atoms with Gasteiger partial charge >= 0.3 is 0 Å². The van der Waals surface area contributed by atoms with Gasteiger partial charge in [0.15, 0.2) is 0 Å². The van der Waals surface area contributed by atoms with E-state index in [-0.39, 0.29) is 4.90 Å². The number of rotatable bonds is 6. The lowest BCUT2D eigenvalue weighted by atomic mass is 10.3. The molecule has 1 heterocycles. The van der Waals surface area contributed by atoms with E-state index >= 15 is 0 Å². The Morgan fingerprint density at radius 1 is 1.32 bits per heavy atom. The second-order valence-corrected chi connectivity index (χ2v) is 6.80. The van der Waals surface area contributed by atoms with Crippen LogP contribution >= 0.6 is 11.6 Å². The van der Waals surface area contributed by atoms with Crippen molar-refractivity contribution < 1.29 is 13.2 Å². The number of hydrogen-bond acceptors (Lipinski definition) is 4. The molecule has 0 aliphatic rings. The maximum Gasteiger partial charge on any atom is 0.263 e. The molecular formula is C15H17ClN2O3S. The molecule has 1 aromatic heterocycles. The molecule has 0 spiro atoms. The molecule has 0 amide bonds. The maximum atomic E-state index is 12.4. The zero-order chi connectivity index (χ0) is 16.2. The summed E-state index contributed by atoms with van der Waals surface area (Å²) in [5.74, 6) is 0.651. The zero-order valence-electron chi connectivity index (χ0n) is 12.3.